The Hall–Kier alpha value is -0.610. The fourth-order valence-electron chi connectivity index (χ4n) is 3.44. The largest absolute Gasteiger partial charge is 0.368 e. The number of methoxy groups -OCH3 is 1. The molecule has 2 N–H and O–H groups in total. The molecule has 1 saturated heterocycles. The maximum absolute atomic E-state index is 12.5. The molecule has 4 heteroatoms. The minimum atomic E-state index is -0.603. The van der Waals surface area contributed by atoms with E-state index in [2.05, 4.69) is 17.6 Å². The Kier molecular flexibility index (Phi) is 5.22. The molecule has 0 spiro atoms. The number of hydrogen-bond donors (Lipinski definition) is 2. The van der Waals surface area contributed by atoms with Gasteiger partial charge < -0.3 is 15.4 Å². The van der Waals surface area contributed by atoms with Gasteiger partial charge in [0.05, 0.1) is 0 Å². The third-order valence-corrected chi connectivity index (χ3v) is 4.93. The summed E-state index contributed by atoms with van der Waals surface area (Å²) in [6.45, 7) is 3.87. The molecule has 110 valence electrons. The highest BCUT2D eigenvalue weighted by atomic mass is 16.5. The fourth-order valence-corrected chi connectivity index (χ4v) is 3.44. The molecule has 1 atom stereocenters. The van der Waals surface area contributed by atoms with Crippen LogP contribution in [0, 0.1) is 5.92 Å². The van der Waals surface area contributed by atoms with Crippen molar-refractivity contribution in [1.29, 1.82) is 0 Å². The van der Waals surface area contributed by atoms with Gasteiger partial charge in [0.15, 0.2) is 0 Å². The van der Waals surface area contributed by atoms with E-state index in [9.17, 15) is 4.79 Å². The van der Waals surface area contributed by atoms with Crippen LogP contribution in [0.5, 0.6) is 0 Å². The van der Waals surface area contributed by atoms with Crippen molar-refractivity contribution in [3.63, 3.8) is 0 Å². The summed E-state index contributed by atoms with van der Waals surface area (Å²) < 4.78 is 5.58. The van der Waals surface area contributed by atoms with E-state index in [1.54, 1.807) is 7.11 Å². The van der Waals surface area contributed by atoms with Gasteiger partial charge in [-0.1, -0.05) is 19.3 Å². The molecule has 0 bridgehead atoms. The summed E-state index contributed by atoms with van der Waals surface area (Å²) >= 11 is 0. The number of piperidine rings is 1. The third kappa shape index (κ3) is 3.48. The molecule has 19 heavy (non-hydrogen) atoms. The average Bonchev–Trinajstić information content (AvgIpc) is 2.48. The number of carbonyl (C=O) groups is 1. The Labute approximate surface area is 116 Å². The first-order valence-electron chi connectivity index (χ1n) is 7.75. The Balaban J connectivity index is 1.90. The zero-order valence-electron chi connectivity index (χ0n) is 12.3. The number of carbonyl (C=O) groups excluding carboxylic acids is 1. The van der Waals surface area contributed by atoms with Crippen molar-refractivity contribution in [2.75, 3.05) is 20.2 Å². The number of hydrogen-bond acceptors (Lipinski definition) is 3. The molecular formula is C15H28N2O2. The lowest BCUT2D eigenvalue weighted by Gasteiger charge is -2.37. The summed E-state index contributed by atoms with van der Waals surface area (Å²) in [6.07, 6.45) is 8.02. The van der Waals surface area contributed by atoms with Crippen molar-refractivity contribution in [2.45, 2.75) is 63.5 Å². The van der Waals surface area contributed by atoms with E-state index >= 15 is 0 Å². The van der Waals surface area contributed by atoms with Crippen LogP contribution >= 0.6 is 0 Å². The smallest absolute Gasteiger partial charge is 0.252 e. The summed E-state index contributed by atoms with van der Waals surface area (Å²) in [4.78, 5) is 12.5. The van der Waals surface area contributed by atoms with Gasteiger partial charge in [-0.25, -0.2) is 0 Å². The summed E-state index contributed by atoms with van der Waals surface area (Å²) in [6, 6.07) is 0.273. The van der Waals surface area contributed by atoms with Crippen LogP contribution in [-0.4, -0.2) is 37.7 Å². The first-order valence-corrected chi connectivity index (χ1v) is 7.75. The minimum absolute atomic E-state index is 0.0922. The Bertz CT molecular complexity index is 295. The van der Waals surface area contributed by atoms with Crippen LogP contribution in [0.1, 0.15) is 51.9 Å². The van der Waals surface area contributed by atoms with Crippen molar-refractivity contribution in [1.82, 2.24) is 10.6 Å². The molecule has 1 heterocycles. The first kappa shape index (κ1) is 14.8. The van der Waals surface area contributed by atoms with E-state index in [4.69, 9.17) is 4.74 Å². The number of rotatable bonds is 4. The molecule has 2 fully saturated rings. The zero-order chi connectivity index (χ0) is 13.7. The summed E-state index contributed by atoms with van der Waals surface area (Å²) in [5.74, 6) is 0.739. The molecular weight excluding hydrogens is 240 g/mol. The maximum atomic E-state index is 12.5. The highest BCUT2D eigenvalue weighted by Crippen LogP contribution is 2.28. The molecule has 4 nitrogen and oxygen atoms in total. The zero-order valence-corrected chi connectivity index (χ0v) is 12.3. The summed E-state index contributed by atoms with van der Waals surface area (Å²) in [7, 11) is 1.66. The van der Waals surface area contributed by atoms with Gasteiger partial charge >= 0.3 is 0 Å². The van der Waals surface area contributed by atoms with Crippen LogP contribution in [0.2, 0.25) is 0 Å². The molecule has 2 aliphatic rings. The summed E-state index contributed by atoms with van der Waals surface area (Å²) in [5, 5.41) is 6.50. The van der Waals surface area contributed by atoms with Gasteiger partial charge in [-0.15, -0.1) is 0 Å². The van der Waals surface area contributed by atoms with Gasteiger partial charge in [0, 0.05) is 13.2 Å². The van der Waals surface area contributed by atoms with Crippen LogP contribution in [0.15, 0.2) is 0 Å². The topological polar surface area (TPSA) is 50.4 Å². The van der Waals surface area contributed by atoms with E-state index in [1.165, 1.54) is 32.1 Å². The van der Waals surface area contributed by atoms with Crippen LogP contribution in [-0.2, 0) is 9.53 Å². The van der Waals surface area contributed by atoms with Crippen molar-refractivity contribution in [2.24, 2.45) is 5.92 Å². The van der Waals surface area contributed by atoms with Crippen LogP contribution in [0.4, 0.5) is 0 Å². The fraction of sp³-hybridized carbons (Fsp3) is 0.933. The maximum Gasteiger partial charge on any atom is 0.252 e. The van der Waals surface area contributed by atoms with Gasteiger partial charge in [-0.05, 0) is 51.6 Å². The lowest BCUT2D eigenvalue weighted by atomic mass is 9.83. The van der Waals surface area contributed by atoms with E-state index < -0.39 is 5.60 Å². The van der Waals surface area contributed by atoms with E-state index in [0.29, 0.717) is 5.92 Å². The van der Waals surface area contributed by atoms with Crippen molar-refractivity contribution in [3.05, 3.63) is 0 Å². The van der Waals surface area contributed by atoms with Gasteiger partial charge in [0.1, 0.15) is 5.60 Å². The average molecular weight is 268 g/mol. The molecule has 1 unspecified atom stereocenters. The van der Waals surface area contributed by atoms with Gasteiger partial charge in [-0.3, -0.25) is 4.79 Å². The Morgan fingerprint density at radius 2 is 1.89 bits per heavy atom. The highest BCUT2D eigenvalue weighted by Gasteiger charge is 2.40. The second kappa shape index (κ2) is 6.71. The molecule has 0 aromatic heterocycles. The third-order valence-electron chi connectivity index (χ3n) is 4.93. The van der Waals surface area contributed by atoms with Crippen molar-refractivity contribution >= 4 is 5.91 Å². The van der Waals surface area contributed by atoms with Crippen molar-refractivity contribution in [3.8, 4) is 0 Å². The quantitative estimate of drug-likeness (QED) is 0.818. The molecule has 2 rings (SSSR count). The minimum Gasteiger partial charge on any atom is -0.368 e. The molecule has 0 aromatic rings. The van der Waals surface area contributed by atoms with E-state index in [1.807, 2.05) is 0 Å². The molecule has 1 aliphatic heterocycles. The normalized spacial score (nSPS) is 25.8. The van der Waals surface area contributed by atoms with Gasteiger partial charge in [0.2, 0.25) is 0 Å². The lowest BCUT2D eigenvalue weighted by Crippen LogP contribution is -2.56. The van der Waals surface area contributed by atoms with Crippen LogP contribution in [0.25, 0.3) is 0 Å². The SMILES string of the molecule is COC1(C(=O)NC(C)C2CCCCC2)CCNCC1. The van der Waals surface area contributed by atoms with E-state index in [-0.39, 0.29) is 11.9 Å². The van der Waals surface area contributed by atoms with Gasteiger partial charge in [-0.2, -0.15) is 0 Å². The highest BCUT2D eigenvalue weighted by molar-refractivity contribution is 5.85. The number of nitrogens with one attached hydrogen (secondary N) is 2. The Morgan fingerprint density at radius 3 is 2.47 bits per heavy atom. The molecule has 1 saturated carbocycles. The van der Waals surface area contributed by atoms with Crippen molar-refractivity contribution < 1.29 is 9.53 Å². The number of amides is 1. The Morgan fingerprint density at radius 1 is 1.26 bits per heavy atom. The van der Waals surface area contributed by atoms with Gasteiger partial charge in [0.25, 0.3) is 5.91 Å². The molecule has 0 aromatic carbocycles. The summed E-state index contributed by atoms with van der Waals surface area (Å²) in [5.41, 5.74) is -0.603. The second-order valence-corrected chi connectivity index (χ2v) is 6.11. The monoisotopic (exact) mass is 268 g/mol. The standard InChI is InChI=1S/C15H28N2O2/c1-12(13-6-4-3-5-7-13)17-14(18)15(19-2)8-10-16-11-9-15/h12-13,16H,3-11H2,1-2H3,(H,17,18). The van der Waals surface area contributed by atoms with Crippen LogP contribution < -0.4 is 10.6 Å². The lowest BCUT2D eigenvalue weighted by molar-refractivity contribution is -0.147. The predicted molar refractivity (Wildman–Crippen MR) is 76.0 cm³/mol. The van der Waals surface area contributed by atoms with Crippen LogP contribution in [0.3, 0.4) is 0 Å². The molecule has 1 aliphatic carbocycles. The molecule has 0 radical (unpaired) electrons. The molecule has 1 amide bonds. The van der Waals surface area contributed by atoms with E-state index in [0.717, 1.165) is 25.9 Å². The number of ether oxygens (including phenoxy) is 1. The second-order valence-electron chi connectivity index (χ2n) is 6.11. The first-order chi connectivity index (χ1) is 9.18. The predicted octanol–water partition coefficient (Wildman–Crippen LogP) is 1.84.